The molecule has 0 N–H and O–H groups in total. The fourth-order valence-electron chi connectivity index (χ4n) is 2.75. The third-order valence-corrected chi connectivity index (χ3v) is 4.26. The highest BCUT2D eigenvalue weighted by Crippen LogP contribution is 2.26. The summed E-state index contributed by atoms with van der Waals surface area (Å²) in [5, 5.41) is 0.541. The van der Waals surface area contributed by atoms with Crippen LogP contribution in [-0.4, -0.2) is 49.1 Å². The summed E-state index contributed by atoms with van der Waals surface area (Å²) in [6.45, 7) is 1.54. The van der Waals surface area contributed by atoms with Crippen molar-refractivity contribution in [2.75, 3.05) is 19.6 Å². The van der Waals surface area contributed by atoms with Gasteiger partial charge in [0.1, 0.15) is 0 Å². The van der Waals surface area contributed by atoms with Crippen LogP contribution in [0.1, 0.15) is 33.6 Å². The molecular weight excluding hydrogens is 286 g/mol. The second-order valence-corrected chi connectivity index (χ2v) is 5.78. The number of rotatable bonds is 2. The van der Waals surface area contributed by atoms with E-state index in [2.05, 4.69) is 0 Å². The summed E-state index contributed by atoms with van der Waals surface area (Å²) >= 11 is 6.33. The van der Waals surface area contributed by atoms with Gasteiger partial charge < -0.3 is 4.81 Å². The predicted molar refractivity (Wildman–Crippen MR) is 81.2 cm³/mol. The SMILES string of the molecule is [B]N1CCC/C(=C(\Cl)CN2C(=O)c3ccccc3C2=O)C1. The van der Waals surface area contributed by atoms with Crippen molar-refractivity contribution in [3.05, 3.63) is 46.0 Å². The lowest BCUT2D eigenvalue weighted by Crippen LogP contribution is -2.33. The van der Waals surface area contributed by atoms with Gasteiger partial charge in [-0.2, -0.15) is 0 Å². The van der Waals surface area contributed by atoms with E-state index in [0.29, 0.717) is 22.7 Å². The van der Waals surface area contributed by atoms with Crippen molar-refractivity contribution in [3.63, 3.8) is 0 Å². The summed E-state index contributed by atoms with van der Waals surface area (Å²) in [6.07, 6.45) is 1.79. The van der Waals surface area contributed by atoms with Gasteiger partial charge in [0.15, 0.2) is 7.98 Å². The fourth-order valence-corrected chi connectivity index (χ4v) is 3.03. The van der Waals surface area contributed by atoms with E-state index in [1.54, 1.807) is 29.1 Å². The van der Waals surface area contributed by atoms with Gasteiger partial charge in [0, 0.05) is 11.6 Å². The minimum Gasteiger partial charge on any atom is -0.350 e. The monoisotopic (exact) mass is 300 g/mol. The lowest BCUT2D eigenvalue weighted by atomic mass is 10.0. The normalized spacial score (nSPS) is 21.7. The Kier molecular flexibility index (Phi) is 3.87. The van der Waals surface area contributed by atoms with E-state index in [1.165, 1.54) is 4.90 Å². The van der Waals surface area contributed by atoms with Gasteiger partial charge in [-0.15, -0.1) is 0 Å². The zero-order valence-corrected chi connectivity index (χ0v) is 12.3. The molecule has 0 saturated carbocycles. The Morgan fingerprint density at radius 2 is 1.81 bits per heavy atom. The van der Waals surface area contributed by atoms with Crippen molar-refractivity contribution >= 4 is 31.4 Å². The van der Waals surface area contributed by atoms with Crippen molar-refractivity contribution in [2.45, 2.75) is 12.8 Å². The van der Waals surface area contributed by atoms with E-state index in [4.69, 9.17) is 19.6 Å². The van der Waals surface area contributed by atoms with E-state index in [-0.39, 0.29) is 18.4 Å². The third kappa shape index (κ3) is 2.63. The molecule has 2 radical (unpaired) electrons. The van der Waals surface area contributed by atoms with Crippen LogP contribution >= 0.6 is 11.6 Å². The number of hydrogen-bond acceptors (Lipinski definition) is 3. The number of halogens is 1. The lowest BCUT2D eigenvalue weighted by Gasteiger charge is -2.27. The van der Waals surface area contributed by atoms with Crippen molar-refractivity contribution in [2.24, 2.45) is 0 Å². The minimum atomic E-state index is -0.283. The Morgan fingerprint density at radius 1 is 1.19 bits per heavy atom. The van der Waals surface area contributed by atoms with Crippen LogP contribution < -0.4 is 0 Å². The Balaban J connectivity index is 1.82. The number of piperidine rings is 1. The summed E-state index contributed by atoms with van der Waals surface area (Å²) in [6, 6.07) is 6.83. The quantitative estimate of drug-likeness (QED) is 0.619. The Bertz CT molecular complexity index is 609. The van der Waals surface area contributed by atoms with Gasteiger partial charge in [0.2, 0.25) is 0 Å². The number of hydrogen-bond donors (Lipinski definition) is 0. The third-order valence-electron chi connectivity index (χ3n) is 3.88. The Morgan fingerprint density at radius 3 is 2.38 bits per heavy atom. The van der Waals surface area contributed by atoms with E-state index >= 15 is 0 Å². The molecule has 0 aromatic heterocycles. The number of fused-ring (bicyclic) bond motifs is 1. The fraction of sp³-hybridized carbons (Fsp3) is 0.333. The van der Waals surface area contributed by atoms with Gasteiger partial charge in [-0.05, 0) is 37.1 Å². The maximum Gasteiger partial charge on any atom is 0.261 e. The van der Waals surface area contributed by atoms with Crippen LogP contribution in [0.2, 0.25) is 0 Å². The zero-order valence-electron chi connectivity index (χ0n) is 11.5. The molecule has 2 heterocycles. The number of carbonyl (C=O) groups excluding carboxylic acids is 2. The van der Waals surface area contributed by atoms with Crippen LogP contribution in [0.4, 0.5) is 0 Å². The predicted octanol–water partition coefficient (Wildman–Crippen LogP) is 1.95. The molecule has 2 aliphatic heterocycles. The summed E-state index contributed by atoms with van der Waals surface area (Å²) in [7, 11) is 5.79. The summed E-state index contributed by atoms with van der Waals surface area (Å²) < 4.78 is 0. The molecule has 0 spiro atoms. The first kappa shape index (κ1) is 14.4. The van der Waals surface area contributed by atoms with Crippen LogP contribution in [-0.2, 0) is 0 Å². The molecule has 21 heavy (non-hydrogen) atoms. The van der Waals surface area contributed by atoms with Crippen LogP contribution in [0.15, 0.2) is 34.9 Å². The van der Waals surface area contributed by atoms with Crippen molar-refractivity contribution < 1.29 is 9.59 Å². The first-order valence-corrected chi connectivity index (χ1v) is 7.27. The van der Waals surface area contributed by atoms with E-state index in [1.807, 2.05) is 0 Å². The highest BCUT2D eigenvalue weighted by Gasteiger charge is 2.35. The largest absolute Gasteiger partial charge is 0.350 e. The number of carbonyl (C=O) groups is 2. The number of imide groups is 1. The highest BCUT2D eigenvalue weighted by atomic mass is 35.5. The molecule has 0 unspecified atom stereocenters. The van der Waals surface area contributed by atoms with Gasteiger partial charge in [-0.3, -0.25) is 14.5 Å². The molecule has 1 aromatic rings. The molecule has 2 aliphatic rings. The molecule has 6 heteroatoms. The maximum absolute atomic E-state index is 12.3. The Hall–Kier alpha value is -1.59. The van der Waals surface area contributed by atoms with Crippen molar-refractivity contribution in [3.8, 4) is 0 Å². The average Bonchev–Trinajstić information content (AvgIpc) is 2.73. The highest BCUT2D eigenvalue weighted by molar-refractivity contribution is 6.31. The van der Waals surface area contributed by atoms with Gasteiger partial charge in [0.05, 0.1) is 17.7 Å². The number of amides is 2. The summed E-state index contributed by atoms with van der Waals surface area (Å²) in [5.74, 6) is -0.565. The minimum absolute atomic E-state index is 0.122. The molecule has 0 aliphatic carbocycles. The van der Waals surface area contributed by atoms with Gasteiger partial charge >= 0.3 is 0 Å². The smallest absolute Gasteiger partial charge is 0.261 e. The molecule has 1 saturated heterocycles. The van der Waals surface area contributed by atoms with E-state index in [9.17, 15) is 9.59 Å². The van der Waals surface area contributed by atoms with Crippen LogP contribution in [0.3, 0.4) is 0 Å². The van der Waals surface area contributed by atoms with Crippen LogP contribution in [0.5, 0.6) is 0 Å². The van der Waals surface area contributed by atoms with Gasteiger partial charge in [0.25, 0.3) is 11.8 Å². The second-order valence-electron chi connectivity index (χ2n) is 5.32. The molecule has 1 fully saturated rings. The molecule has 3 rings (SSSR count). The average molecular weight is 301 g/mol. The van der Waals surface area contributed by atoms with E-state index < -0.39 is 0 Å². The lowest BCUT2D eigenvalue weighted by molar-refractivity contribution is 0.0670. The zero-order chi connectivity index (χ0) is 15.0. The van der Waals surface area contributed by atoms with E-state index in [0.717, 1.165) is 25.0 Å². The van der Waals surface area contributed by atoms with Crippen LogP contribution in [0.25, 0.3) is 0 Å². The van der Waals surface area contributed by atoms with Crippen molar-refractivity contribution in [1.29, 1.82) is 0 Å². The van der Waals surface area contributed by atoms with Gasteiger partial charge in [-0.1, -0.05) is 23.7 Å². The summed E-state index contributed by atoms with van der Waals surface area (Å²) in [4.78, 5) is 27.5. The molecule has 4 nitrogen and oxygen atoms in total. The molecular formula is C15H14BClN2O2. The maximum atomic E-state index is 12.3. The van der Waals surface area contributed by atoms with Crippen molar-refractivity contribution in [1.82, 2.24) is 9.71 Å². The first-order chi connectivity index (χ1) is 10.1. The summed E-state index contributed by atoms with van der Waals surface area (Å²) in [5.41, 5.74) is 1.89. The van der Waals surface area contributed by atoms with Gasteiger partial charge in [-0.25, -0.2) is 0 Å². The molecule has 0 atom stereocenters. The first-order valence-electron chi connectivity index (χ1n) is 6.89. The Labute approximate surface area is 129 Å². The molecule has 106 valence electrons. The molecule has 0 bridgehead atoms. The topological polar surface area (TPSA) is 40.6 Å². The second kappa shape index (κ2) is 5.66. The number of benzene rings is 1. The standard InChI is InChI=1S/C15H14BClN2O2/c16-18-7-3-4-10(8-18)13(17)9-19-14(20)11-5-1-2-6-12(11)15(19)21/h1-2,5-6H,3-4,7-9H2/b13-10+. The molecule has 2 amide bonds. The van der Waals surface area contributed by atoms with Crippen LogP contribution in [0, 0.1) is 0 Å². The number of nitrogens with zero attached hydrogens (tertiary/aromatic N) is 2. The molecule has 1 aromatic carbocycles.